The summed E-state index contributed by atoms with van der Waals surface area (Å²) in [5.41, 5.74) is 4.96. The molecule has 0 saturated carbocycles. The first kappa shape index (κ1) is 30.5. The summed E-state index contributed by atoms with van der Waals surface area (Å²) in [5.74, 6) is 0.769. The third-order valence-electron chi connectivity index (χ3n) is 7.43. The van der Waals surface area contributed by atoms with Crippen LogP contribution in [0, 0.1) is 0 Å². The minimum Gasteiger partial charge on any atom is -0.508 e. The van der Waals surface area contributed by atoms with Crippen LogP contribution >= 0.6 is 0 Å². The molecule has 0 saturated heterocycles. The highest BCUT2D eigenvalue weighted by molar-refractivity contribution is 5.53. The number of unbranched alkanes of at least 4 members (excludes halogenated alkanes) is 9. The molecular weight excluding hydrogens is 452 g/mol. The first-order chi connectivity index (χ1) is 17.9. The predicted octanol–water partition coefficient (Wildman–Crippen LogP) is 10.1. The van der Waals surface area contributed by atoms with E-state index in [9.17, 15) is 5.11 Å². The van der Waals surface area contributed by atoms with Gasteiger partial charge in [-0.15, -0.1) is 0 Å². The van der Waals surface area contributed by atoms with Crippen LogP contribution in [0.2, 0.25) is 0 Å². The topological polar surface area (TPSA) is 40.5 Å². The molecule has 0 radical (unpaired) electrons. The number of hydrogen-bond acceptors (Lipinski definition) is 2. The molecule has 0 atom stereocenters. The molecule has 0 spiro atoms. The van der Waals surface area contributed by atoms with Gasteiger partial charge in [0, 0.05) is 11.0 Å². The number of phenolic OH excluding ortho intramolecular Hbond substituents is 2. The maximum atomic E-state index is 10.9. The Labute approximate surface area is 226 Å². The van der Waals surface area contributed by atoms with Crippen LogP contribution in [0.15, 0.2) is 72.8 Å². The zero-order valence-corrected chi connectivity index (χ0v) is 23.8. The molecule has 0 aliphatic heterocycles. The van der Waals surface area contributed by atoms with Crippen molar-refractivity contribution in [2.24, 2.45) is 0 Å². The van der Waals surface area contributed by atoms with Crippen LogP contribution in [0.1, 0.15) is 114 Å². The third kappa shape index (κ3) is 10.3. The first-order valence-corrected chi connectivity index (χ1v) is 14.6. The number of phenols is 2. The van der Waals surface area contributed by atoms with Crippen LogP contribution in [0.3, 0.4) is 0 Å². The Kier molecular flexibility index (Phi) is 13.9. The Morgan fingerprint density at radius 3 is 1.59 bits per heavy atom. The second-order valence-electron chi connectivity index (χ2n) is 10.7. The fourth-order valence-electron chi connectivity index (χ4n) is 5.21. The number of para-hydroxylation sites is 1. The number of rotatable bonds is 14. The summed E-state index contributed by atoms with van der Waals surface area (Å²) < 4.78 is 0. The monoisotopic (exact) mass is 502 g/mol. The normalized spacial score (nSPS) is 11.1. The average molecular weight is 503 g/mol. The Hall–Kier alpha value is -2.74. The van der Waals surface area contributed by atoms with Gasteiger partial charge in [-0.1, -0.05) is 140 Å². The molecule has 2 nitrogen and oxygen atoms in total. The van der Waals surface area contributed by atoms with Crippen molar-refractivity contribution in [2.75, 3.05) is 0 Å². The van der Waals surface area contributed by atoms with E-state index in [1.807, 2.05) is 12.1 Å². The van der Waals surface area contributed by atoms with Crippen molar-refractivity contribution in [1.82, 2.24) is 0 Å². The molecule has 3 aromatic carbocycles. The number of aromatic hydroxyl groups is 2. The van der Waals surface area contributed by atoms with Crippen LogP contribution in [0.25, 0.3) is 0 Å². The van der Waals surface area contributed by atoms with E-state index < -0.39 is 0 Å². The summed E-state index contributed by atoms with van der Waals surface area (Å²) in [6, 6.07) is 23.4. The molecule has 2 heteroatoms. The predicted molar refractivity (Wildman–Crippen MR) is 160 cm³/mol. The summed E-state index contributed by atoms with van der Waals surface area (Å²) in [6.45, 7) is 9.01. The fourth-order valence-corrected chi connectivity index (χ4v) is 5.21. The highest BCUT2D eigenvalue weighted by Gasteiger charge is 2.29. The minimum absolute atomic E-state index is 0.204. The molecule has 37 heavy (non-hydrogen) atoms. The molecule has 3 rings (SSSR count). The maximum Gasteiger partial charge on any atom is 0.119 e. The molecule has 0 heterocycles. The number of aryl methyl sites for hydroxylation is 1. The van der Waals surface area contributed by atoms with Crippen molar-refractivity contribution in [3.63, 3.8) is 0 Å². The molecule has 0 aliphatic carbocycles. The van der Waals surface area contributed by atoms with Crippen LogP contribution in [0.5, 0.6) is 11.5 Å². The maximum absolute atomic E-state index is 10.9. The Balaban J connectivity index is 0.000000591. The standard InChI is InChI=1S/C29H44O.C6H6O/c1-5-7-8-9-10-11-12-13-14-18-21-26-24(6-2)22-23-27(30)28(26)29(3,4)25-19-16-15-17-20-25;7-6-4-2-1-3-5-6/h15-17,19-20,22-23,30H,5-14,18,21H2,1-4H3;1-5,7H. The van der Waals surface area contributed by atoms with E-state index in [0.717, 1.165) is 18.4 Å². The van der Waals surface area contributed by atoms with E-state index in [-0.39, 0.29) is 5.41 Å². The van der Waals surface area contributed by atoms with Crippen LogP contribution in [0.4, 0.5) is 0 Å². The van der Waals surface area contributed by atoms with Crippen molar-refractivity contribution < 1.29 is 10.2 Å². The van der Waals surface area contributed by atoms with Gasteiger partial charge in [0.15, 0.2) is 0 Å². The fraction of sp³-hybridized carbons (Fsp3) is 0.486. The largest absolute Gasteiger partial charge is 0.508 e. The molecule has 202 valence electrons. The summed E-state index contributed by atoms with van der Waals surface area (Å²) in [4.78, 5) is 0. The first-order valence-electron chi connectivity index (χ1n) is 14.6. The quantitative estimate of drug-likeness (QED) is 0.215. The van der Waals surface area contributed by atoms with Crippen molar-refractivity contribution in [1.29, 1.82) is 0 Å². The van der Waals surface area contributed by atoms with Gasteiger partial charge in [0.25, 0.3) is 0 Å². The summed E-state index contributed by atoms with van der Waals surface area (Å²) >= 11 is 0. The lowest BCUT2D eigenvalue weighted by Gasteiger charge is -2.31. The van der Waals surface area contributed by atoms with E-state index in [1.54, 1.807) is 24.3 Å². The number of hydrogen-bond donors (Lipinski definition) is 2. The highest BCUT2D eigenvalue weighted by atomic mass is 16.3. The van der Waals surface area contributed by atoms with Crippen molar-refractivity contribution in [2.45, 2.75) is 110 Å². The van der Waals surface area contributed by atoms with E-state index in [0.29, 0.717) is 11.5 Å². The van der Waals surface area contributed by atoms with Gasteiger partial charge in [-0.3, -0.25) is 0 Å². The van der Waals surface area contributed by atoms with Crippen molar-refractivity contribution in [3.05, 3.63) is 95.1 Å². The Morgan fingerprint density at radius 1 is 0.595 bits per heavy atom. The van der Waals surface area contributed by atoms with E-state index in [2.05, 4.69) is 64.1 Å². The van der Waals surface area contributed by atoms with Gasteiger partial charge in [0.05, 0.1) is 0 Å². The summed E-state index contributed by atoms with van der Waals surface area (Å²) in [5, 5.41) is 19.5. The van der Waals surface area contributed by atoms with Crippen LogP contribution < -0.4 is 0 Å². The second kappa shape index (κ2) is 16.9. The SMILES string of the molecule is CCCCCCCCCCCCc1c(CC)ccc(O)c1C(C)(C)c1ccccc1.Oc1ccccc1. The van der Waals surface area contributed by atoms with Gasteiger partial charge in [0.1, 0.15) is 11.5 Å². The smallest absolute Gasteiger partial charge is 0.119 e. The molecule has 0 bridgehead atoms. The van der Waals surface area contributed by atoms with E-state index in [1.165, 1.54) is 80.9 Å². The number of benzene rings is 3. The van der Waals surface area contributed by atoms with Crippen LogP contribution in [-0.4, -0.2) is 10.2 Å². The van der Waals surface area contributed by atoms with Gasteiger partial charge in [-0.25, -0.2) is 0 Å². The zero-order chi connectivity index (χ0) is 26.9. The van der Waals surface area contributed by atoms with Crippen molar-refractivity contribution >= 4 is 0 Å². The molecule has 0 aromatic heterocycles. The lowest BCUT2D eigenvalue weighted by Crippen LogP contribution is -2.22. The van der Waals surface area contributed by atoms with Gasteiger partial charge >= 0.3 is 0 Å². The van der Waals surface area contributed by atoms with Gasteiger partial charge in [-0.05, 0) is 54.2 Å². The van der Waals surface area contributed by atoms with E-state index >= 15 is 0 Å². The minimum atomic E-state index is -0.204. The van der Waals surface area contributed by atoms with Gasteiger partial charge in [0.2, 0.25) is 0 Å². The summed E-state index contributed by atoms with van der Waals surface area (Å²) in [7, 11) is 0. The lowest BCUT2D eigenvalue weighted by molar-refractivity contribution is 0.449. The Morgan fingerprint density at radius 2 is 1.11 bits per heavy atom. The van der Waals surface area contributed by atoms with Crippen molar-refractivity contribution in [3.8, 4) is 11.5 Å². The molecule has 0 fully saturated rings. The van der Waals surface area contributed by atoms with E-state index in [4.69, 9.17) is 5.11 Å². The van der Waals surface area contributed by atoms with Gasteiger partial charge < -0.3 is 10.2 Å². The molecule has 2 N–H and O–H groups in total. The third-order valence-corrected chi connectivity index (χ3v) is 7.43. The van der Waals surface area contributed by atoms with Gasteiger partial charge in [-0.2, -0.15) is 0 Å². The molecular formula is C35H50O2. The highest BCUT2D eigenvalue weighted by Crippen LogP contribution is 2.41. The lowest BCUT2D eigenvalue weighted by atomic mass is 9.73. The molecule has 0 aliphatic rings. The second-order valence-corrected chi connectivity index (χ2v) is 10.7. The molecule has 3 aromatic rings. The average Bonchev–Trinajstić information content (AvgIpc) is 2.91. The van der Waals surface area contributed by atoms with Crippen LogP contribution in [-0.2, 0) is 18.3 Å². The zero-order valence-electron chi connectivity index (χ0n) is 23.8. The Bertz CT molecular complexity index is 993. The molecule has 0 unspecified atom stereocenters. The molecule has 0 amide bonds. The summed E-state index contributed by atoms with van der Waals surface area (Å²) in [6.07, 6.45) is 15.6.